The van der Waals surface area contributed by atoms with Gasteiger partial charge in [-0.1, -0.05) is 0 Å². The van der Waals surface area contributed by atoms with Crippen molar-refractivity contribution >= 4 is 15.9 Å². The summed E-state index contributed by atoms with van der Waals surface area (Å²) in [7, 11) is -3.24. The van der Waals surface area contributed by atoms with E-state index in [9.17, 15) is 13.2 Å². The highest BCUT2D eigenvalue weighted by atomic mass is 32.2. The second-order valence-corrected chi connectivity index (χ2v) is 6.80. The van der Waals surface area contributed by atoms with Crippen molar-refractivity contribution in [3.8, 4) is 0 Å². The number of piperazine rings is 1. The molecule has 6 heteroatoms. The van der Waals surface area contributed by atoms with Crippen LogP contribution < -0.4 is 0 Å². The number of sulfonamides is 1. The first-order valence-electron chi connectivity index (χ1n) is 4.88. The van der Waals surface area contributed by atoms with Gasteiger partial charge < -0.3 is 4.90 Å². The lowest BCUT2D eigenvalue weighted by Gasteiger charge is -2.41. The van der Waals surface area contributed by atoms with Gasteiger partial charge in [0, 0.05) is 18.6 Å². The fourth-order valence-corrected chi connectivity index (χ4v) is 2.40. The number of carbonyl (C=O) groups excluding carboxylic acids is 1. The summed E-state index contributed by atoms with van der Waals surface area (Å²) in [6.45, 7) is 6.66. The largest absolute Gasteiger partial charge is 0.335 e. The molecule has 0 saturated carbocycles. The molecule has 1 saturated heterocycles. The van der Waals surface area contributed by atoms with Gasteiger partial charge in [-0.3, -0.25) is 4.79 Å². The van der Waals surface area contributed by atoms with Gasteiger partial charge in [-0.05, 0) is 20.8 Å². The van der Waals surface area contributed by atoms with Crippen LogP contribution in [-0.2, 0) is 14.8 Å². The summed E-state index contributed by atoms with van der Waals surface area (Å²) >= 11 is 0. The van der Waals surface area contributed by atoms with Crippen LogP contribution in [0.2, 0.25) is 0 Å². The maximum absolute atomic E-state index is 11.7. The van der Waals surface area contributed by atoms with Gasteiger partial charge in [0.25, 0.3) is 0 Å². The Morgan fingerprint density at radius 3 is 2.07 bits per heavy atom. The maximum Gasteiger partial charge on any atom is 0.238 e. The summed E-state index contributed by atoms with van der Waals surface area (Å²) in [6, 6.07) is 0. The second kappa shape index (κ2) is 3.75. The van der Waals surface area contributed by atoms with Crippen molar-refractivity contribution in [3.05, 3.63) is 0 Å². The van der Waals surface area contributed by atoms with E-state index in [0.29, 0.717) is 13.1 Å². The second-order valence-electron chi connectivity index (χ2n) is 4.81. The van der Waals surface area contributed by atoms with Gasteiger partial charge in [-0.25, -0.2) is 8.42 Å². The van der Waals surface area contributed by atoms with Gasteiger partial charge in [0.05, 0.1) is 12.8 Å². The number of nitrogens with zero attached hydrogens (tertiary/aromatic N) is 2. The van der Waals surface area contributed by atoms with Crippen molar-refractivity contribution in [2.45, 2.75) is 26.3 Å². The molecule has 0 aliphatic carbocycles. The van der Waals surface area contributed by atoms with E-state index in [1.165, 1.54) is 4.31 Å². The fraction of sp³-hybridized carbons (Fsp3) is 0.889. The van der Waals surface area contributed by atoms with Crippen LogP contribution >= 0.6 is 0 Å². The van der Waals surface area contributed by atoms with E-state index >= 15 is 0 Å². The molecule has 0 aromatic rings. The summed E-state index contributed by atoms with van der Waals surface area (Å²) in [6.07, 6.45) is 1.13. The predicted molar refractivity (Wildman–Crippen MR) is 57.9 cm³/mol. The Kier molecular flexibility index (Phi) is 3.11. The maximum atomic E-state index is 11.7. The van der Waals surface area contributed by atoms with E-state index in [1.54, 1.807) is 4.90 Å². The number of carbonyl (C=O) groups is 1. The first-order valence-corrected chi connectivity index (χ1v) is 6.73. The predicted octanol–water partition coefficient (Wildman–Crippen LogP) is -0.111. The van der Waals surface area contributed by atoms with Gasteiger partial charge >= 0.3 is 0 Å². The monoisotopic (exact) mass is 234 g/mol. The smallest absolute Gasteiger partial charge is 0.238 e. The molecule has 0 N–H and O–H groups in total. The quantitative estimate of drug-likeness (QED) is 0.636. The van der Waals surface area contributed by atoms with E-state index in [0.717, 1.165) is 6.26 Å². The average molecular weight is 234 g/mol. The van der Waals surface area contributed by atoms with E-state index in [2.05, 4.69) is 0 Å². The Hall–Kier alpha value is -0.620. The first-order chi connectivity index (χ1) is 6.62. The van der Waals surface area contributed by atoms with E-state index < -0.39 is 10.0 Å². The number of amides is 1. The summed E-state index contributed by atoms with van der Waals surface area (Å²) in [5.74, 6) is -0.126. The summed E-state index contributed by atoms with van der Waals surface area (Å²) < 4.78 is 23.7. The molecule has 1 heterocycles. The molecular weight excluding hydrogens is 216 g/mol. The minimum Gasteiger partial charge on any atom is -0.335 e. The van der Waals surface area contributed by atoms with Crippen molar-refractivity contribution in [1.82, 2.24) is 9.21 Å². The standard InChI is InChI=1S/C9H18N2O3S/c1-9(2,3)11-6-5-10(7-8(11)12)15(4,13)14/h5-7H2,1-4H3. The molecule has 1 rings (SSSR count). The zero-order valence-electron chi connectivity index (χ0n) is 9.65. The highest BCUT2D eigenvalue weighted by Gasteiger charge is 2.34. The molecule has 0 spiro atoms. The lowest BCUT2D eigenvalue weighted by Crippen LogP contribution is -2.57. The van der Waals surface area contributed by atoms with Crippen molar-refractivity contribution in [1.29, 1.82) is 0 Å². The van der Waals surface area contributed by atoms with Crippen LogP contribution in [0.3, 0.4) is 0 Å². The van der Waals surface area contributed by atoms with Crippen molar-refractivity contribution in [2.24, 2.45) is 0 Å². The van der Waals surface area contributed by atoms with E-state index in [4.69, 9.17) is 0 Å². The molecule has 1 aliphatic rings. The third-order valence-electron chi connectivity index (χ3n) is 2.46. The van der Waals surface area contributed by atoms with Gasteiger partial charge in [-0.2, -0.15) is 4.31 Å². The van der Waals surface area contributed by atoms with Gasteiger partial charge in [0.15, 0.2) is 0 Å². The normalized spacial score (nSPS) is 20.8. The average Bonchev–Trinajstić information content (AvgIpc) is 1.99. The Morgan fingerprint density at radius 1 is 1.20 bits per heavy atom. The molecule has 15 heavy (non-hydrogen) atoms. The summed E-state index contributed by atoms with van der Waals surface area (Å²) in [5, 5.41) is 0. The topological polar surface area (TPSA) is 57.7 Å². The summed E-state index contributed by atoms with van der Waals surface area (Å²) in [4.78, 5) is 13.4. The highest BCUT2D eigenvalue weighted by molar-refractivity contribution is 7.88. The molecule has 0 unspecified atom stereocenters. The van der Waals surface area contributed by atoms with Crippen LogP contribution in [0.15, 0.2) is 0 Å². The first kappa shape index (κ1) is 12.4. The molecule has 0 aromatic carbocycles. The molecule has 0 bridgehead atoms. The minimum absolute atomic E-state index is 0.0316. The third kappa shape index (κ3) is 2.92. The minimum atomic E-state index is -3.24. The van der Waals surface area contributed by atoms with Gasteiger partial charge in [0.2, 0.25) is 15.9 Å². The van der Waals surface area contributed by atoms with E-state index in [-0.39, 0.29) is 18.0 Å². The summed E-state index contributed by atoms with van der Waals surface area (Å²) in [5.41, 5.74) is -0.235. The van der Waals surface area contributed by atoms with Crippen LogP contribution in [0.25, 0.3) is 0 Å². The third-order valence-corrected chi connectivity index (χ3v) is 3.71. The lowest BCUT2D eigenvalue weighted by atomic mass is 10.1. The molecule has 1 amide bonds. The van der Waals surface area contributed by atoms with Gasteiger partial charge in [0.1, 0.15) is 0 Å². The van der Waals surface area contributed by atoms with Crippen molar-refractivity contribution in [3.63, 3.8) is 0 Å². The van der Waals surface area contributed by atoms with Gasteiger partial charge in [-0.15, -0.1) is 0 Å². The molecular formula is C9H18N2O3S. The zero-order chi connectivity index (χ0) is 11.9. The van der Waals surface area contributed by atoms with Crippen LogP contribution in [0.4, 0.5) is 0 Å². The van der Waals surface area contributed by atoms with Crippen molar-refractivity contribution < 1.29 is 13.2 Å². The van der Waals surface area contributed by atoms with Crippen molar-refractivity contribution in [2.75, 3.05) is 25.9 Å². The lowest BCUT2D eigenvalue weighted by molar-refractivity contribution is -0.139. The Bertz CT molecular complexity index is 356. The number of rotatable bonds is 1. The van der Waals surface area contributed by atoms with Crippen LogP contribution in [0.1, 0.15) is 20.8 Å². The molecule has 88 valence electrons. The molecule has 1 fully saturated rings. The van der Waals surface area contributed by atoms with E-state index in [1.807, 2.05) is 20.8 Å². The number of hydrogen-bond donors (Lipinski definition) is 0. The Morgan fingerprint density at radius 2 is 1.73 bits per heavy atom. The Labute approximate surface area is 91.1 Å². The molecule has 0 radical (unpaired) electrons. The SMILES string of the molecule is CC(C)(C)N1CCN(S(C)(=O)=O)CC1=O. The molecule has 5 nitrogen and oxygen atoms in total. The molecule has 0 aromatic heterocycles. The number of hydrogen-bond acceptors (Lipinski definition) is 3. The fourth-order valence-electron chi connectivity index (χ4n) is 1.64. The van der Waals surface area contributed by atoms with Crippen LogP contribution in [0.5, 0.6) is 0 Å². The van der Waals surface area contributed by atoms with Crippen LogP contribution in [0, 0.1) is 0 Å². The highest BCUT2D eigenvalue weighted by Crippen LogP contribution is 2.17. The zero-order valence-corrected chi connectivity index (χ0v) is 10.5. The molecule has 1 aliphatic heterocycles. The Balaban J connectivity index is 2.77. The van der Waals surface area contributed by atoms with Crippen LogP contribution in [-0.4, -0.2) is 55.0 Å². The molecule has 0 atom stereocenters.